The Morgan fingerprint density at radius 1 is 1.25 bits per heavy atom. The van der Waals surface area contributed by atoms with Crippen LogP contribution in [-0.2, 0) is 0 Å². The van der Waals surface area contributed by atoms with Crippen LogP contribution in [0.1, 0.15) is 29.6 Å². The van der Waals surface area contributed by atoms with Crippen molar-refractivity contribution >= 4 is 23.2 Å². The molecule has 1 saturated heterocycles. The van der Waals surface area contributed by atoms with Crippen molar-refractivity contribution in [2.24, 2.45) is 0 Å². The van der Waals surface area contributed by atoms with E-state index in [0.717, 1.165) is 25.9 Å². The molecular weight excluding hydrogens is 224 g/mol. The average Bonchev–Trinajstić information content (AvgIpc) is 2.33. The molecule has 0 unspecified atom stereocenters. The summed E-state index contributed by atoms with van der Waals surface area (Å²) in [6.07, 6.45) is 3.40. The number of carbonyl (C=O) groups is 1. The average molecular weight is 239 g/mol. The first kappa shape index (κ1) is 11.3. The highest BCUT2D eigenvalue weighted by atomic mass is 35.5. The van der Waals surface area contributed by atoms with Crippen molar-refractivity contribution in [3.8, 4) is 0 Å². The minimum Gasteiger partial charge on any atom is -0.398 e. The Morgan fingerprint density at radius 3 is 2.56 bits per heavy atom. The zero-order chi connectivity index (χ0) is 11.5. The van der Waals surface area contributed by atoms with Crippen LogP contribution in [0.5, 0.6) is 0 Å². The molecule has 1 aliphatic rings. The molecule has 2 rings (SSSR count). The molecule has 0 aliphatic carbocycles. The van der Waals surface area contributed by atoms with E-state index in [0.29, 0.717) is 16.3 Å². The van der Waals surface area contributed by atoms with Gasteiger partial charge in [0.2, 0.25) is 0 Å². The minimum absolute atomic E-state index is 0.0570. The Morgan fingerprint density at radius 2 is 1.94 bits per heavy atom. The van der Waals surface area contributed by atoms with Crippen LogP contribution in [0.2, 0.25) is 5.02 Å². The molecule has 1 aromatic rings. The highest BCUT2D eigenvalue weighted by molar-refractivity contribution is 6.33. The van der Waals surface area contributed by atoms with Gasteiger partial charge in [0.05, 0.1) is 10.7 Å². The topological polar surface area (TPSA) is 46.3 Å². The zero-order valence-corrected chi connectivity index (χ0v) is 9.83. The van der Waals surface area contributed by atoms with Crippen molar-refractivity contribution in [3.05, 3.63) is 28.8 Å². The maximum absolute atomic E-state index is 12.1. The summed E-state index contributed by atoms with van der Waals surface area (Å²) in [5.41, 5.74) is 6.75. The van der Waals surface area contributed by atoms with Gasteiger partial charge in [-0.3, -0.25) is 4.79 Å². The molecule has 1 aliphatic heterocycles. The molecule has 3 nitrogen and oxygen atoms in total. The van der Waals surface area contributed by atoms with E-state index >= 15 is 0 Å². The van der Waals surface area contributed by atoms with E-state index in [1.807, 2.05) is 4.90 Å². The second kappa shape index (κ2) is 4.74. The highest BCUT2D eigenvalue weighted by Gasteiger charge is 2.18. The minimum atomic E-state index is 0.0570. The highest BCUT2D eigenvalue weighted by Crippen LogP contribution is 2.21. The molecule has 0 aromatic heterocycles. The Bertz CT molecular complexity index is 400. The number of hydrogen-bond donors (Lipinski definition) is 1. The van der Waals surface area contributed by atoms with Crippen LogP contribution < -0.4 is 5.73 Å². The fraction of sp³-hybridized carbons (Fsp3) is 0.417. The summed E-state index contributed by atoms with van der Waals surface area (Å²) in [5.74, 6) is 0.0570. The van der Waals surface area contributed by atoms with Gasteiger partial charge in [-0.05, 0) is 37.5 Å². The maximum atomic E-state index is 12.1. The third kappa shape index (κ3) is 2.30. The summed E-state index contributed by atoms with van der Waals surface area (Å²) >= 11 is 5.90. The lowest BCUT2D eigenvalue weighted by Crippen LogP contribution is -2.35. The fourth-order valence-corrected chi connectivity index (χ4v) is 2.12. The van der Waals surface area contributed by atoms with Crippen LogP contribution in [-0.4, -0.2) is 23.9 Å². The second-order valence-corrected chi connectivity index (χ2v) is 4.50. The number of hydrogen-bond acceptors (Lipinski definition) is 2. The predicted octanol–water partition coefficient (Wildman–Crippen LogP) is 2.55. The van der Waals surface area contributed by atoms with Gasteiger partial charge < -0.3 is 10.6 Å². The molecule has 0 atom stereocenters. The van der Waals surface area contributed by atoms with Gasteiger partial charge in [0.25, 0.3) is 5.91 Å². The number of likely N-dealkylation sites (tertiary alicyclic amines) is 1. The number of rotatable bonds is 1. The molecule has 1 fully saturated rings. The van der Waals surface area contributed by atoms with Crippen molar-refractivity contribution in [2.45, 2.75) is 19.3 Å². The largest absolute Gasteiger partial charge is 0.398 e. The number of benzene rings is 1. The monoisotopic (exact) mass is 238 g/mol. The van der Waals surface area contributed by atoms with E-state index in [9.17, 15) is 4.79 Å². The molecule has 16 heavy (non-hydrogen) atoms. The molecular formula is C12H15ClN2O. The van der Waals surface area contributed by atoms with E-state index in [1.54, 1.807) is 18.2 Å². The predicted molar refractivity (Wildman–Crippen MR) is 65.6 cm³/mol. The number of piperidine rings is 1. The summed E-state index contributed by atoms with van der Waals surface area (Å²) in [6.45, 7) is 1.70. The molecule has 0 bridgehead atoms. The third-order valence-corrected chi connectivity index (χ3v) is 3.22. The molecule has 4 heteroatoms. The van der Waals surface area contributed by atoms with E-state index < -0.39 is 0 Å². The van der Waals surface area contributed by atoms with Gasteiger partial charge in [0.15, 0.2) is 0 Å². The number of anilines is 1. The quantitative estimate of drug-likeness (QED) is 0.765. The first-order chi connectivity index (χ1) is 7.68. The van der Waals surface area contributed by atoms with E-state index in [2.05, 4.69) is 0 Å². The summed E-state index contributed by atoms with van der Waals surface area (Å²) in [6, 6.07) is 5.06. The first-order valence-electron chi connectivity index (χ1n) is 5.53. The molecule has 86 valence electrons. The normalized spacial score (nSPS) is 16.2. The van der Waals surface area contributed by atoms with Gasteiger partial charge in [0, 0.05) is 18.7 Å². The molecule has 2 N–H and O–H groups in total. The summed E-state index contributed by atoms with van der Waals surface area (Å²) < 4.78 is 0. The molecule has 1 heterocycles. The first-order valence-corrected chi connectivity index (χ1v) is 5.90. The maximum Gasteiger partial charge on any atom is 0.253 e. The number of carbonyl (C=O) groups excluding carboxylic acids is 1. The van der Waals surface area contributed by atoms with E-state index in [4.69, 9.17) is 17.3 Å². The Balaban J connectivity index is 2.16. The lowest BCUT2D eigenvalue weighted by molar-refractivity contribution is 0.0724. The standard InChI is InChI=1S/C12H15ClN2O/c13-10-8-9(4-5-11(10)14)12(16)15-6-2-1-3-7-15/h4-5,8H,1-3,6-7,14H2. The summed E-state index contributed by atoms with van der Waals surface area (Å²) in [7, 11) is 0. The number of amides is 1. The van der Waals surface area contributed by atoms with Crippen LogP contribution >= 0.6 is 11.6 Å². The Labute approximate surface area is 100 Å². The molecule has 0 spiro atoms. The van der Waals surface area contributed by atoms with Crippen molar-refractivity contribution < 1.29 is 4.79 Å². The van der Waals surface area contributed by atoms with Crippen LogP contribution in [0.4, 0.5) is 5.69 Å². The van der Waals surface area contributed by atoms with E-state index in [1.165, 1.54) is 6.42 Å². The number of nitrogens with two attached hydrogens (primary N) is 1. The van der Waals surface area contributed by atoms with Gasteiger partial charge in [-0.2, -0.15) is 0 Å². The summed E-state index contributed by atoms with van der Waals surface area (Å²) in [4.78, 5) is 14.0. The molecule has 1 amide bonds. The molecule has 0 radical (unpaired) electrons. The lowest BCUT2D eigenvalue weighted by atomic mass is 10.1. The van der Waals surface area contributed by atoms with Crippen LogP contribution in [0.3, 0.4) is 0 Å². The Kier molecular flexibility index (Phi) is 3.34. The van der Waals surface area contributed by atoms with Gasteiger partial charge in [-0.1, -0.05) is 11.6 Å². The van der Waals surface area contributed by atoms with Gasteiger partial charge in [0.1, 0.15) is 0 Å². The number of nitrogens with zero attached hydrogens (tertiary/aromatic N) is 1. The Hall–Kier alpha value is -1.22. The molecule has 1 aromatic carbocycles. The van der Waals surface area contributed by atoms with Crippen molar-refractivity contribution in [2.75, 3.05) is 18.8 Å². The van der Waals surface area contributed by atoms with E-state index in [-0.39, 0.29) is 5.91 Å². The second-order valence-electron chi connectivity index (χ2n) is 4.09. The van der Waals surface area contributed by atoms with Crippen LogP contribution in [0.15, 0.2) is 18.2 Å². The SMILES string of the molecule is Nc1ccc(C(=O)N2CCCCC2)cc1Cl. The van der Waals surface area contributed by atoms with Gasteiger partial charge in [-0.25, -0.2) is 0 Å². The van der Waals surface area contributed by atoms with Gasteiger partial charge >= 0.3 is 0 Å². The van der Waals surface area contributed by atoms with Crippen molar-refractivity contribution in [1.29, 1.82) is 0 Å². The number of nitrogen functional groups attached to an aromatic ring is 1. The fourth-order valence-electron chi connectivity index (χ4n) is 1.94. The van der Waals surface area contributed by atoms with Gasteiger partial charge in [-0.15, -0.1) is 0 Å². The zero-order valence-electron chi connectivity index (χ0n) is 9.08. The molecule has 0 saturated carbocycles. The van der Waals surface area contributed by atoms with Crippen molar-refractivity contribution in [3.63, 3.8) is 0 Å². The van der Waals surface area contributed by atoms with Crippen LogP contribution in [0.25, 0.3) is 0 Å². The van der Waals surface area contributed by atoms with Crippen LogP contribution in [0, 0.1) is 0 Å². The smallest absolute Gasteiger partial charge is 0.253 e. The summed E-state index contributed by atoms with van der Waals surface area (Å²) in [5, 5.41) is 0.447. The van der Waals surface area contributed by atoms with Crippen molar-refractivity contribution in [1.82, 2.24) is 4.90 Å². The lowest BCUT2D eigenvalue weighted by Gasteiger charge is -2.26. The number of halogens is 1. The third-order valence-electron chi connectivity index (χ3n) is 2.89.